The van der Waals surface area contributed by atoms with Crippen LogP contribution in [0.2, 0.25) is 0 Å². The van der Waals surface area contributed by atoms with Crippen LogP contribution in [-0.4, -0.2) is 55.1 Å². The predicted molar refractivity (Wildman–Crippen MR) is 101 cm³/mol. The highest BCUT2D eigenvalue weighted by molar-refractivity contribution is 5.92. The van der Waals surface area contributed by atoms with E-state index in [2.05, 4.69) is 20.0 Å². The molecule has 0 saturated carbocycles. The monoisotopic (exact) mass is 378 g/mol. The van der Waals surface area contributed by atoms with Crippen LogP contribution in [-0.2, 0) is 19.6 Å². The molecule has 0 spiro atoms. The summed E-state index contributed by atoms with van der Waals surface area (Å²) in [5, 5.41) is 4.54. The van der Waals surface area contributed by atoms with E-state index in [1.807, 2.05) is 40.2 Å². The van der Waals surface area contributed by atoms with Crippen molar-refractivity contribution in [2.75, 3.05) is 19.6 Å². The van der Waals surface area contributed by atoms with Crippen molar-refractivity contribution >= 4 is 5.91 Å². The molecule has 1 fully saturated rings. The summed E-state index contributed by atoms with van der Waals surface area (Å²) in [5.41, 5.74) is 2.71. The molecule has 1 amide bonds. The van der Waals surface area contributed by atoms with Gasteiger partial charge in [-0.1, -0.05) is 0 Å². The molecule has 8 heteroatoms. The number of hydrogen-bond donors (Lipinski definition) is 0. The topological polar surface area (TPSA) is 80.3 Å². The number of likely N-dealkylation sites (tertiary alicyclic amines) is 1. The van der Waals surface area contributed by atoms with Gasteiger partial charge in [0.15, 0.2) is 17.3 Å². The number of carbonyl (C=O) groups excluding carboxylic acids is 1. The van der Waals surface area contributed by atoms with Gasteiger partial charge < -0.3 is 9.32 Å². The van der Waals surface area contributed by atoms with E-state index in [1.165, 1.54) is 0 Å². The first kappa shape index (κ1) is 17.1. The van der Waals surface area contributed by atoms with Crippen molar-refractivity contribution in [2.24, 2.45) is 0 Å². The Hall–Kier alpha value is -3.00. The number of furan rings is 1. The first-order valence-electron chi connectivity index (χ1n) is 9.69. The molecule has 1 saturated heterocycles. The van der Waals surface area contributed by atoms with Crippen LogP contribution >= 0.6 is 0 Å². The van der Waals surface area contributed by atoms with Crippen molar-refractivity contribution in [3.8, 4) is 11.6 Å². The average molecular weight is 378 g/mol. The van der Waals surface area contributed by atoms with Crippen LogP contribution in [0.5, 0.6) is 0 Å². The first-order chi connectivity index (χ1) is 13.8. The van der Waals surface area contributed by atoms with Gasteiger partial charge in [0.05, 0.1) is 18.5 Å². The second-order valence-corrected chi connectivity index (χ2v) is 7.35. The highest BCUT2D eigenvalue weighted by atomic mass is 16.3. The molecule has 0 N–H and O–H groups in total. The molecule has 28 heavy (non-hydrogen) atoms. The lowest BCUT2D eigenvalue weighted by Gasteiger charge is -2.27. The maximum absolute atomic E-state index is 12.6. The van der Waals surface area contributed by atoms with Gasteiger partial charge in [0, 0.05) is 50.7 Å². The van der Waals surface area contributed by atoms with E-state index in [9.17, 15) is 4.79 Å². The largest absolute Gasteiger partial charge is 0.461 e. The van der Waals surface area contributed by atoms with Gasteiger partial charge in [-0.3, -0.25) is 14.4 Å². The van der Waals surface area contributed by atoms with E-state index < -0.39 is 0 Å². The number of nitrogens with zero attached hydrogens (tertiary/aromatic N) is 6. The van der Waals surface area contributed by atoms with E-state index in [0.717, 1.165) is 63.4 Å². The summed E-state index contributed by atoms with van der Waals surface area (Å²) in [6.45, 7) is 4.89. The van der Waals surface area contributed by atoms with Gasteiger partial charge in [0.25, 0.3) is 5.91 Å². The molecule has 0 atom stereocenters. The van der Waals surface area contributed by atoms with Crippen molar-refractivity contribution < 1.29 is 9.21 Å². The third-order valence-corrected chi connectivity index (χ3v) is 5.34. The Labute approximate surface area is 162 Å². The van der Waals surface area contributed by atoms with Gasteiger partial charge in [-0.15, -0.1) is 0 Å². The number of rotatable bonds is 4. The fourth-order valence-electron chi connectivity index (χ4n) is 3.87. The zero-order chi connectivity index (χ0) is 18.9. The summed E-state index contributed by atoms with van der Waals surface area (Å²) in [4.78, 5) is 25.6. The van der Waals surface area contributed by atoms with Crippen molar-refractivity contribution in [3.05, 3.63) is 53.8 Å². The highest BCUT2D eigenvalue weighted by Crippen LogP contribution is 2.19. The SMILES string of the molecule is O=C(c1cc2n(n1)CCN(Cc1cnc(-c3ccco3)nc1)C2)N1CCCC1. The molecule has 0 unspecified atom stereocenters. The summed E-state index contributed by atoms with van der Waals surface area (Å²) in [6, 6.07) is 5.62. The standard InChI is InChI=1S/C20H22N6O2/c27-20(25-5-1-2-6-25)17-10-16-14-24(7-8-26(16)23-17)13-15-11-21-19(22-12-15)18-4-3-9-28-18/h3-4,9-12H,1-2,5-8,13-14H2. The lowest BCUT2D eigenvalue weighted by atomic mass is 10.2. The van der Waals surface area contributed by atoms with Crippen LogP contribution in [0.1, 0.15) is 34.6 Å². The molecular formula is C20H22N6O2. The molecule has 0 bridgehead atoms. The van der Waals surface area contributed by atoms with Crippen LogP contribution in [0.3, 0.4) is 0 Å². The molecule has 144 valence electrons. The van der Waals surface area contributed by atoms with Gasteiger partial charge in [0.2, 0.25) is 0 Å². The zero-order valence-corrected chi connectivity index (χ0v) is 15.6. The minimum Gasteiger partial charge on any atom is -0.461 e. The Kier molecular flexibility index (Phi) is 4.40. The summed E-state index contributed by atoms with van der Waals surface area (Å²) < 4.78 is 7.30. The van der Waals surface area contributed by atoms with Crippen LogP contribution in [0.4, 0.5) is 0 Å². The third kappa shape index (κ3) is 3.31. The molecule has 5 rings (SSSR count). The van der Waals surface area contributed by atoms with E-state index in [0.29, 0.717) is 17.3 Å². The summed E-state index contributed by atoms with van der Waals surface area (Å²) in [7, 11) is 0. The van der Waals surface area contributed by atoms with Gasteiger partial charge in [-0.25, -0.2) is 9.97 Å². The lowest BCUT2D eigenvalue weighted by Crippen LogP contribution is -2.33. The quantitative estimate of drug-likeness (QED) is 0.692. The van der Waals surface area contributed by atoms with Crippen LogP contribution in [0.25, 0.3) is 11.6 Å². The van der Waals surface area contributed by atoms with E-state index >= 15 is 0 Å². The van der Waals surface area contributed by atoms with Crippen LogP contribution < -0.4 is 0 Å². The van der Waals surface area contributed by atoms with Gasteiger partial charge >= 0.3 is 0 Å². The number of carbonyl (C=O) groups is 1. The molecule has 3 aromatic rings. The number of hydrogen-bond acceptors (Lipinski definition) is 6. The minimum absolute atomic E-state index is 0.0628. The fourth-order valence-corrected chi connectivity index (χ4v) is 3.87. The minimum atomic E-state index is 0.0628. The summed E-state index contributed by atoms with van der Waals surface area (Å²) >= 11 is 0. The number of aromatic nitrogens is 4. The molecule has 0 radical (unpaired) electrons. The highest BCUT2D eigenvalue weighted by Gasteiger charge is 2.25. The average Bonchev–Trinajstić information content (AvgIpc) is 3.49. The fraction of sp³-hybridized carbons (Fsp3) is 0.400. The first-order valence-corrected chi connectivity index (χ1v) is 9.69. The Morgan fingerprint density at radius 3 is 2.68 bits per heavy atom. The smallest absolute Gasteiger partial charge is 0.274 e. The van der Waals surface area contributed by atoms with E-state index in [4.69, 9.17) is 4.42 Å². The zero-order valence-electron chi connectivity index (χ0n) is 15.6. The molecule has 8 nitrogen and oxygen atoms in total. The van der Waals surface area contributed by atoms with Crippen molar-refractivity contribution in [1.29, 1.82) is 0 Å². The normalized spacial score (nSPS) is 17.1. The van der Waals surface area contributed by atoms with Crippen molar-refractivity contribution in [3.63, 3.8) is 0 Å². The van der Waals surface area contributed by atoms with Crippen molar-refractivity contribution in [2.45, 2.75) is 32.5 Å². The predicted octanol–water partition coefficient (Wildman–Crippen LogP) is 2.18. The Morgan fingerprint density at radius 2 is 1.93 bits per heavy atom. The molecule has 5 heterocycles. The van der Waals surface area contributed by atoms with Crippen LogP contribution in [0, 0.1) is 0 Å². The summed E-state index contributed by atoms with van der Waals surface area (Å²) in [5.74, 6) is 1.33. The van der Waals surface area contributed by atoms with E-state index in [-0.39, 0.29) is 5.91 Å². The van der Waals surface area contributed by atoms with Crippen LogP contribution in [0.15, 0.2) is 41.3 Å². The maximum atomic E-state index is 12.6. The second-order valence-electron chi connectivity index (χ2n) is 7.35. The van der Waals surface area contributed by atoms with Crippen molar-refractivity contribution in [1.82, 2.24) is 29.5 Å². The lowest BCUT2D eigenvalue weighted by molar-refractivity contribution is 0.0786. The van der Waals surface area contributed by atoms with E-state index in [1.54, 1.807) is 6.26 Å². The second kappa shape index (κ2) is 7.20. The molecule has 3 aromatic heterocycles. The molecular weight excluding hydrogens is 356 g/mol. The number of amides is 1. The van der Waals surface area contributed by atoms with Gasteiger partial charge in [-0.05, 0) is 31.0 Å². The molecule has 2 aliphatic rings. The Bertz CT molecular complexity index is 957. The molecule has 0 aliphatic carbocycles. The van der Waals surface area contributed by atoms with Gasteiger partial charge in [0.1, 0.15) is 0 Å². The Morgan fingerprint density at radius 1 is 1.11 bits per heavy atom. The summed E-state index contributed by atoms with van der Waals surface area (Å²) in [6.07, 6.45) is 7.49. The molecule has 0 aromatic carbocycles. The molecule has 2 aliphatic heterocycles. The Balaban J connectivity index is 1.25. The van der Waals surface area contributed by atoms with Gasteiger partial charge in [-0.2, -0.15) is 5.10 Å². The number of fused-ring (bicyclic) bond motifs is 1. The third-order valence-electron chi connectivity index (χ3n) is 5.34. The maximum Gasteiger partial charge on any atom is 0.274 e.